The fraction of sp³-hybridized carbons (Fsp3) is 0.100. The number of aromatic nitrogens is 1. The molecule has 1 unspecified atom stereocenters. The molecule has 5 nitrogen and oxygen atoms in total. The second-order valence-corrected chi connectivity index (χ2v) is 5.70. The Morgan fingerprint density at radius 3 is 2.36 bits per heavy atom. The molecule has 2 aromatic carbocycles. The van der Waals surface area contributed by atoms with Crippen LogP contribution >= 0.6 is 0 Å². The summed E-state index contributed by atoms with van der Waals surface area (Å²) in [5, 5.41) is 12.5. The third kappa shape index (κ3) is 3.67. The standard InChI is InChI=1S/C20H18N2O3/c1-13(23)15-9-5-6-10-18(15)22-20(25)16-11-12-17(21-19(16)24)14-7-3-2-4-8-14/h2-13,23H,1H3,(H,21,24)(H,22,25). The quantitative estimate of drug-likeness (QED) is 0.684. The van der Waals surface area contributed by atoms with E-state index in [-0.39, 0.29) is 5.56 Å². The first kappa shape index (κ1) is 16.7. The van der Waals surface area contributed by atoms with Crippen molar-refractivity contribution in [2.45, 2.75) is 13.0 Å². The Morgan fingerprint density at radius 2 is 1.68 bits per heavy atom. The lowest BCUT2D eigenvalue weighted by atomic mass is 10.1. The number of aliphatic hydroxyl groups is 1. The van der Waals surface area contributed by atoms with Crippen molar-refractivity contribution in [3.05, 3.63) is 88.2 Å². The van der Waals surface area contributed by atoms with Crippen LogP contribution in [0.2, 0.25) is 0 Å². The number of anilines is 1. The van der Waals surface area contributed by atoms with Gasteiger partial charge in [0.1, 0.15) is 5.56 Å². The normalized spacial score (nSPS) is 11.8. The summed E-state index contributed by atoms with van der Waals surface area (Å²) in [6.45, 7) is 1.62. The number of amides is 1. The molecule has 3 aromatic rings. The number of aromatic amines is 1. The molecule has 0 aliphatic rings. The number of carbonyl (C=O) groups excluding carboxylic acids is 1. The molecule has 126 valence electrons. The first-order valence-corrected chi connectivity index (χ1v) is 7.93. The van der Waals surface area contributed by atoms with Crippen molar-refractivity contribution in [3.63, 3.8) is 0 Å². The summed E-state index contributed by atoms with van der Waals surface area (Å²) in [6, 6.07) is 19.5. The van der Waals surface area contributed by atoms with Gasteiger partial charge in [-0.05, 0) is 30.7 Å². The number of benzene rings is 2. The maximum absolute atomic E-state index is 12.4. The molecule has 1 aromatic heterocycles. The summed E-state index contributed by atoms with van der Waals surface area (Å²) < 4.78 is 0. The molecule has 3 N–H and O–H groups in total. The maximum atomic E-state index is 12.4. The van der Waals surface area contributed by atoms with Gasteiger partial charge in [0.05, 0.1) is 6.10 Å². The second-order valence-electron chi connectivity index (χ2n) is 5.70. The fourth-order valence-corrected chi connectivity index (χ4v) is 2.60. The van der Waals surface area contributed by atoms with E-state index in [1.807, 2.05) is 30.3 Å². The van der Waals surface area contributed by atoms with Crippen molar-refractivity contribution >= 4 is 11.6 Å². The molecular weight excluding hydrogens is 316 g/mol. The Hall–Kier alpha value is -3.18. The van der Waals surface area contributed by atoms with Crippen LogP contribution in [0.25, 0.3) is 11.3 Å². The van der Waals surface area contributed by atoms with Crippen LogP contribution in [0, 0.1) is 0 Å². The van der Waals surface area contributed by atoms with Crippen LogP contribution < -0.4 is 10.9 Å². The van der Waals surface area contributed by atoms with Crippen molar-refractivity contribution < 1.29 is 9.90 Å². The first-order chi connectivity index (χ1) is 12.1. The molecule has 0 saturated carbocycles. The summed E-state index contributed by atoms with van der Waals surface area (Å²) in [7, 11) is 0. The van der Waals surface area contributed by atoms with Crippen LogP contribution in [-0.2, 0) is 0 Å². The van der Waals surface area contributed by atoms with Gasteiger partial charge in [-0.2, -0.15) is 0 Å². The van der Waals surface area contributed by atoms with Gasteiger partial charge in [-0.15, -0.1) is 0 Å². The molecule has 0 radical (unpaired) electrons. The first-order valence-electron chi connectivity index (χ1n) is 7.93. The van der Waals surface area contributed by atoms with Gasteiger partial charge in [0, 0.05) is 16.9 Å². The van der Waals surface area contributed by atoms with Crippen LogP contribution in [-0.4, -0.2) is 16.0 Å². The number of nitrogens with one attached hydrogen (secondary N) is 2. The third-order valence-electron chi connectivity index (χ3n) is 3.90. The fourth-order valence-electron chi connectivity index (χ4n) is 2.60. The highest BCUT2D eigenvalue weighted by Gasteiger charge is 2.14. The van der Waals surface area contributed by atoms with E-state index in [1.54, 1.807) is 37.3 Å². The van der Waals surface area contributed by atoms with Crippen LogP contribution in [0.4, 0.5) is 5.69 Å². The van der Waals surface area contributed by atoms with Crippen LogP contribution in [0.1, 0.15) is 28.9 Å². The third-order valence-corrected chi connectivity index (χ3v) is 3.90. The zero-order chi connectivity index (χ0) is 17.8. The monoisotopic (exact) mass is 334 g/mol. The highest BCUT2D eigenvalue weighted by molar-refractivity contribution is 6.04. The van der Waals surface area contributed by atoms with Gasteiger partial charge in [-0.1, -0.05) is 48.5 Å². The number of carbonyl (C=O) groups is 1. The Kier molecular flexibility index (Phi) is 4.77. The van der Waals surface area contributed by atoms with Crippen LogP contribution in [0.3, 0.4) is 0 Å². The van der Waals surface area contributed by atoms with E-state index >= 15 is 0 Å². The minimum atomic E-state index is -0.727. The van der Waals surface area contributed by atoms with Gasteiger partial charge < -0.3 is 15.4 Å². The van der Waals surface area contributed by atoms with Gasteiger partial charge in [0.15, 0.2) is 0 Å². The highest BCUT2D eigenvalue weighted by Crippen LogP contribution is 2.22. The number of rotatable bonds is 4. The van der Waals surface area contributed by atoms with Crippen LogP contribution in [0.15, 0.2) is 71.5 Å². The lowest BCUT2D eigenvalue weighted by Gasteiger charge is -2.13. The van der Waals surface area contributed by atoms with E-state index < -0.39 is 17.6 Å². The summed E-state index contributed by atoms with van der Waals surface area (Å²) in [5.41, 5.74) is 2.13. The van der Waals surface area contributed by atoms with Crippen molar-refractivity contribution in [2.75, 3.05) is 5.32 Å². The molecule has 1 amide bonds. The van der Waals surface area contributed by atoms with E-state index in [4.69, 9.17) is 0 Å². The van der Waals surface area contributed by atoms with E-state index in [0.717, 1.165) is 5.56 Å². The minimum Gasteiger partial charge on any atom is -0.389 e. The molecule has 0 saturated heterocycles. The van der Waals surface area contributed by atoms with Crippen molar-refractivity contribution in [1.82, 2.24) is 4.98 Å². The van der Waals surface area contributed by atoms with Gasteiger partial charge in [0.25, 0.3) is 11.5 Å². The van der Waals surface area contributed by atoms with Gasteiger partial charge in [0.2, 0.25) is 0 Å². The molecule has 0 aliphatic heterocycles. The van der Waals surface area contributed by atoms with Gasteiger partial charge >= 0.3 is 0 Å². The average Bonchev–Trinajstić information content (AvgIpc) is 2.62. The molecule has 1 heterocycles. The molecule has 0 aliphatic carbocycles. The topological polar surface area (TPSA) is 82.2 Å². The number of hydrogen-bond acceptors (Lipinski definition) is 3. The second kappa shape index (κ2) is 7.15. The molecule has 25 heavy (non-hydrogen) atoms. The number of para-hydroxylation sites is 1. The van der Waals surface area contributed by atoms with Gasteiger partial charge in [-0.3, -0.25) is 9.59 Å². The Labute approximate surface area is 145 Å². The van der Waals surface area contributed by atoms with E-state index in [0.29, 0.717) is 16.9 Å². The lowest BCUT2D eigenvalue weighted by Crippen LogP contribution is -2.23. The van der Waals surface area contributed by atoms with Crippen molar-refractivity contribution in [1.29, 1.82) is 0 Å². The molecule has 0 bridgehead atoms. The predicted molar refractivity (Wildman–Crippen MR) is 97.5 cm³/mol. The molecule has 0 spiro atoms. The van der Waals surface area contributed by atoms with E-state index in [9.17, 15) is 14.7 Å². The summed E-state index contributed by atoms with van der Waals surface area (Å²) in [6.07, 6.45) is -0.727. The van der Waals surface area contributed by atoms with Gasteiger partial charge in [-0.25, -0.2) is 0 Å². The smallest absolute Gasteiger partial charge is 0.261 e. The Bertz CT molecular complexity index is 946. The molecule has 5 heteroatoms. The zero-order valence-corrected chi connectivity index (χ0v) is 13.7. The minimum absolute atomic E-state index is 0.0140. The molecular formula is C20H18N2O3. The summed E-state index contributed by atoms with van der Waals surface area (Å²) in [4.78, 5) is 27.5. The summed E-state index contributed by atoms with van der Waals surface area (Å²) >= 11 is 0. The van der Waals surface area contributed by atoms with E-state index in [1.165, 1.54) is 6.07 Å². The van der Waals surface area contributed by atoms with Crippen molar-refractivity contribution in [2.24, 2.45) is 0 Å². The SMILES string of the molecule is CC(O)c1ccccc1NC(=O)c1ccc(-c2ccccc2)[nH]c1=O. The Balaban J connectivity index is 1.88. The molecule has 0 fully saturated rings. The molecule has 1 atom stereocenters. The molecule has 3 rings (SSSR count). The predicted octanol–water partition coefficient (Wildman–Crippen LogP) is 3.35. The number of H-pyrrole nitrogens is 1. The number of pyridine rings is 1. The summed E-state index contributed by atoms with van der Waals surface area (Å²) in [5.74, 6) is -0.519. The van der Waals surface area contributed by atoms with Crippen LogP contribution in [0.5, 0.6) is 0 Å². The number of aliphatic hydroxyl groups excluding tert-OH is 1. The Morgan fingerprint density at radius 1 is 1.00 bits per heavy atom. The highest BCUT2D eigenvalue weighted by atomic mass is 16.3. The average molecular weight is 334 g/mol. The largest absolute Gasteiger partial charge is 0.389 e. The maximum Gasteiger partial charge on any atom is 0.261 e. The van der Waals surface area contributed by atoms with E-state index in [2.05, 4.69) is 10.3 Å². The zero-order valence-electron chi connectivity index (χ0n) is 13.7. The van der Waals surface area contributed by atoms with Crippen molar-refractivity contribution in [3.8, 4) is 11.3 Å². The lowest BCUT2D eigenvalue weighted by molar-refractivity contribution is 0.102. The number of hydrogen-bond donors (Lipinski definition) is 3.